The van der Waals surface area contributed by atoms with Gasteiger partial charge in [-0.3, -0.25) is 4.79 Å². The Morgan fingerprint density at radius 1 is 1.22 bits per heavy atom. The summed E-state index contributed by atoms with van der Waals surface area (Å²) in [6, 6.07) is 0. The number of carbonyl (C=O) groups is 2. The Morgan fingerprint density at radius 2 is 1.83 bits per heavy atom. The molecule has 0 spiro atoms. The molecular formula is C13H18F3NO5S. The van der Waals surface area contributed by atoms with Gasteiger partial charge in [-0.2, -0.15) is 13.2 Å². The Kier molecular flexibility index (Phi) is 5.05. The van der Waals surface area contributed by atoms with E-state index in [-0.39, 0.29) is 11.8 Å². The highest BCUT2D eigenvalue weighted by Gasteiger charge is 2.50. The van der Waals surface area contributed by atoms with Crippen molar-refractivity contribution in [3.05, 3.63) is 0 Å². The number of rotatable bonds is 5. The van der Waals surface area contributed by atoms with Crippen molar-refractivity contribution in [1.82, 2.24) is 4.72 Å². The first-order chi connectivity index (χ1) is 10.5. The van der Waals surface area contributed by atoms with E-state index in [2.05, 4.69) is 0 Å². The molecule has 6 nitrogen and oxygen atoms in total. The van der Waals surface area contributed by atoms with E-state index in [1.54, 1.807) is 4.72 Å². The zero-order chi connectivity index (χ0) is 17.4. The lowest BCUT2D eigenvalue weighted by Gasteiger charge is -2.24. The molecule has 0 aliphatic heterocycles. The number of hydrogen-bond acceptors (Lipinski definition) is 5. The van der Waals surface area contributed by atoms with Gasteiger partial charge in [-0.1, -0.05) is 6.42 Å². The van der Waals surface area contributed by atoms with Gasteiger partial charge in [0.15, 0.2) is 0 Å². The number of hydrogen-bond donors (Lipinski definition) is 1. The monoisotopic (exact) mass is 357 g/mol. The summed E-state index contributed by atoms with van der Waals surface area (Å²) >= 11 is 0. The molecule has 2 bridgehead atoms. The predicted molar refractivity (Wildman–Crippen MR) is 72.5 cm³/mol. The topological polar surface area (TPSA) is 89.5 Å². The van der Waals surface area contributed by atoms with E-state index in [1.807, 2.05) is 0 Å². The summed E-state index contributed by atoms with van der Waals surface area (Å²) in [6.07, 6.45) is 2.26. The van der Waals surface area contributed by atoms with Crippen LogP contribution in [0.4, 0.5) is 13.2 Å². The molecule has 0 aromatic heterocycles. The van der Waals surface area contributed by atoms with Gasteiger partial charge in [0, 0.05) is 19.4 Å². The van der Waals surface area contributed by atoms with E-state index in [1.165, 1.54) is 0 Å². The molecule has 4 unspecified atom stereocenters. The van der Waals surface area contributed by atoms with Crippen LogP contribution in [0.5, 0.6) is 0 Å². The average Bonchev–Trinajstić information content (AvgIpc) is 2.66. The van der Waals surface area contributed by atoms with Gasteiger partial charge in [0.2, 0.25) is 5.78 Å². The van der Waals surface area contributed by atoms with E-state index in [0.29, 0.717) is 6.42 Å². The van der Waals surface area contributed by atoms with Crippen LogP contribution in [-0.4, -0.2) is 38.3 Å². The minimum atomic E-state index is -5.44. The van der Waals surface area contributed by atoms with Gasteiger partial charge in [0.1, 0.15) is 6.10 Å². The summed E-state index contributed by atoms with van der Waals surface area (Å²) in [7, 11) is -5.44. The molecule has 2 aliphatic rings. The fourth-order valence-electron chi connectivity index (χ4n) is 3.53. The zero-order valence-corrected chi connectivity index (χ0v) is 13.2. The highest BCUT2D eigenvalue weighted by atomic mass is 32.2. The molecule has 0 aromatic carbocycles. The Bertz CT molecular complexity index is 589. The molecule has 0 amide bonds. The van der Waals surface area contributed by atoms with E-state index in [4.69, 9.17) is 4.74 Å². The van der Waals surface area contributed by atoms with Crippen LogP contribution in [0.1, 0.15) is 32.6 Å². The number of ketones is 1. The third-order valence-electron chi connectivity index (χ3n) is 4.59. The highest BCUT2D eigenvalue weighted by Crippen LogP contribution is 2.47. The fraction of sp³-hybridized carbons (Fsp3) is 0.846. The smallest absolute Gasteiger partial charge is 0.456 e. The quantitative estimate of drug-likeness (QED) is 0.593. The van der Waals surface area contributed by atoms with E-state index < -0.39 is 45.9 Å². The van der Waals surface area contributed by atoms with Crippen molar-refractivity contribution in [2.45, 2.75) is 44.2 Å². The minimum absolute atomic E-state index is 0.0190. The minimum Gasteiger partial charge on any atom is -0.456 e. The Balaban J connectivity index is 2.11. The second-order valence-electron chi connectivity index (χ2n) is 6.07. The first kappa shape index (κ1) is 18.2. The molecular weight excluding hydrogens is 339 g/mol. The van der Waals surface area contributed by atoms with Crippen LogP contribution < -0.4 is 4.72 Å². The molecule has 2 fully saturated rings. The summed E-state index contributed by atoms with van der Waals surface area (Å²) in [4.78, 5) is 22.5. The van der Waals surface area contributed by atoms with Crippen molar-refractivity contribution >= 4 is 21.8 Å². The van der Waals surface area contributed by atoms with Crippen LogP contribution in [0.2, 0.25) is 0 Å². The van der Waals surface area contributed by atoms with Crippen LogP contribution in [0.15, 0.2) is 0 Å². The maximum atomic E-state index is 12.4. The molecule has 0 saturated heterocycles. The average molecular weight is 357 g/mol. The van der Waals surface area contributed by atoms with Crippen LogP contribution >= 0.6 is 0 Å². The van der Waals surface area contributed by atoms with Crippen molar-refractivity contribution in [3.63, 3.8) is 0 Å². The lowest BCUT2D eigenvalue weighted by molar-refractivity contribution is -0.160. The molecule has 2 aliphatic carbocycles. The first-order valence-corrected chi connectivity index (χ1v) is 8.78. The molecule has 2 rings (SSSR count). The van der Waals surface area contributed by atoms with Gasteiger partial charge in [-0.15, -0.1) is 0 Å². The number of carbonyl (C=O) groups excluding carboxylic acids is 2. The normalized spacial score (nSPS) is 31.0. The third kappa shape index (κ3) is 3.85. The van der Waals surface area contributed by atoms with Gasteiger partial charge >= 0.3 is 21.5 Å². The van der Waals surface area contributed by atoms with E-state index >= 15 is 0 Å². The number of ether oxygens (including phenoxy) is 1. The Labute approximate surface area is 131 Å². The molecule has 4 atom stereocenters. The van der Waals surface area contributed by atoms with Crippen molar-refractivity contribution in [1.29, 1.82) is 0 Å². The Morgan fingerprint density at radius 3 is 2.39 bits per heavy atom. The largest absolute Gasteiger partial charge is 0.511 e. The second kappa shape index (κ2) is 6.39. The number of Topliss-reactive ketones (excluding diaryl/α,β-unsaturated/α-hetero) is 1. The third-order valence-corrected chi connectivity index (χ3v) is 5.75. The van der Waals surface area contributed by atoms with E-state index in [9.17, 15) is 31.2 Å². The lowest BCUT2D eigenvalue weighted by atomic mass is 9.87. The highest BCUT2D eigenvalue weighted by molar-refractivity contribution is 7.90. The standard InChI is InChI=1S/C13H18F3NO5S/c1-7(18)12(19)22-11-9-4-2-3-8(5-9)10(11)6-17-23(20,21)13(14,15)16/h8-11,17H,2-6H2,1H3. The number of sulfonamides is 1. The molecule has 0 heterocycles. The molecule has 0 aromatic rings. The number of fused-ring (bicyclic) bond motifs is 2. The van der Waals surface area contributed by atoms with Gasteiger partial charge in [-0.25, -0.2) is 17.9 Å². The molecule has 23 heavy (non-hydrogen) atoms. The maximum Gasteiger partial charge on any atom is 0.511 e. The van der Waals surface area contributed by atoms with Gasteiger partial charge < -0.3 is 4.74 Å². The Hall–Kier alpha value is -1.16. The van der Waals surface area contributed by atoms with Crippen LogP contribution in [-0.2, 0) is 24.3 Å². The number of alkyl halides is 3. The molecule has 132 valence electrons. The summed E-state index contributed by atoms with van der Waals surface area (Å²) in [6.45, 7) is 0.587. The van der Waals surface area contributed by atoms with Gasteiger partial charge in [0.05, 0.1) is 0 Å². The lowest BCUT2D eigenvalue weighted by Crippen LogP contribution is -2.43. The van der Waals surface area contributed by atoms with Crippen LogP contribution in [0.3, 0.4) is 0 Å². The zero-order valence-electron chi connectivity index (χ0n) is 12.4. The maximum absolute atomic E-state index is 12.4. The molecule has 0 radical (unpaired) electrons. The van der Waals surface area contributed by atoms with Gasteiger partial charge in [0.25, 0.3) is 0 Å². The van der Waals surface area contributed by atoms with Gasteiger partial charge in [-0.05, 0) is 31.1 Å². The summed E-state index contributed by atoms with van der Waals surface area (Å²) in [5, 5.41) is 0. The molecule has 10 heteroatoms. The number of nitrogens with one attached hydrogen (secondary N) is 1. The summed E-state index contributed by atoms with van der Waals surface area (Å²) < 4.78 is 66.2. The van der Waals surface area contributed by atoms with Crippen molar-refractivity contribution in [2.24, 2.45) is 17.8 Å². The fourth-order valence-corrected chi connectivity index (χ4v) is 4.11. The second-order valence-corrected chi connectivity index (χ2v) is 7.83. The number of halogens is 3. The van der Waals surface area contributed by atoms with Crippen molar-refractivity contribution in [3.8, 4) is 0 Å². The van der Waals surface area contributed by atoms with Crippen LogP contribution in [0.25, 0.3) is 0 Å². The molecule has 2 saturated carbocycles. The van der Waals surface area contributed by atoms with Crippen molar-refractivity contribution < 1.29 is 35.9 Å². The summed E-state index contributed by atoms with van der Waals surface area (Å²) in [5.41, 5.74) is -5.38. The van der Waals surface area contributed by atoms with Crippen molar-refractivity contribution in [2.75, 3.05) is 6.54 Å². The van der Waals surface area contributed by atoms with E-state index in [0.717, 1.165) is 26.2 Å². The molecule has 1 N–H and O–H groups in total. The summed E-state index contributed by atoms with van der Waals surface area (Å²) in [5.74, 6) is -2.44. The predicted octanol–water partition coefficient (Wildman–Crippen LogP) is 1.36. The SMILES string of the molecule is CC(=O)C(=O)OC1C2CCCC(C2)C1CNS(=O)(=O)C(F)(F)F. The number of esters is 1. The van der Waals surface area contributed by atoms with Crippen LogP contribution in [0, 0.1) is 17.8 Å². The first-order valence-electron chi connectivity index (χ1n) is 7.30.